The number of non-ortho nitro benzene ring substituents is 1. The minimum absolute atomic E-state index is 0.0536. The van der Waals surface area contributed by atoms with Crippen molar-refractivity contribution in [1.29, 1.82) is 0 Å². The summed E-state index contributed by atoms with van der Waals surface area (Å²) in [4.78, 5) is 24.0. The molecule has 0 amide bonds. The number of ketones is 1. The lowest BCUT2D eigenvalue weighted by atomic mass is 10.0. The summed E-state index contributed by atoms with van der Waals surface area (Å²) in [5.74, 6) is -0.467. The Bertz CT molecular complexity index is 1320. The second kappa shape index (κ2) is 9.81. The molecule has 1 aromatic heterocycles. The van der Waals surface area contributed by atoms with Crippen molar-refractivity contribution in [3.63, 3.8) is 0 Å². The Morgan fingerprint density at radius 2 is 1.35 bits per heavy atom. The highest BCUT2D eigenvalue weighted by Gasteiger charge is 2.40. The Labute approximate surface area is 196 Å². The molecule has 0 bridgehead atoms. The van der Waals surface area contributed by atoms with Crippen LogP contribution in [0.1, 0.15) is 28.1 Å². The second-order valence-electron chi connectivity index (χ2n) is 7.73. The number of pyridine rings is 1. The van der Waals surface area contributed by atoms with E-state index < -0.39 is 23.5 Å². The van der Waals surface area contributed by atoms with Crippen molar-refractivity contribution in [2.75, 3.05) is 0 Å². The monoisotopic (exact) mass is 472 g/mol. The number of nitro groups is 1. The number of rotatable bonds is 8. The van der Waals surface area contributed by atoms with Crippen molar-refractivity contribution in [3.05, 3.63) is 136 Å². The van der Waals surface area contributed by atoms with Gasteiger partial charge in [-0.25, -0.2) is 0 Å². The zero-order chi connectivity index (χ0) is 24.1. The average Bonchev–Trinajstić information content (AvgIpc) is 2.88. The zero-order valence-corrected chi connectivity index (χ0v) is 19.0. The molecule has 0 aliphatic rings. The van der Waals surface area contributed by atoms with Gasteiger partial charge in [0.25, 0.3) is 11.4 Å². The standard InChI is InChI=1S/C26H21N2O5P/c29-25(24-13-7-8-18-27(24)30)19-26(20-14-16-21(17-15-20)28(31)32)34(33,22-9-3-1-4-10-22)23-11-5-2-6-12-23/h1-18,26H,19H2/t26-/m0/s1. The third kappa shape index (κ3) is 4.51. The molecule has 3 aromatic carbocycles. The van der Waals surface area contributed by atoms with Crippen molar-refractivity contribution in [2.45, 2.75) is 12.1 Å². The van der Waals surface area contributed by atoms with E-state index in [1.165, 1.54) is 42.6 Å². The Balaban J connectivity index is 1.90. The normalized spacial score (nSPS) is 12.1. The molecule has 0 radical (unpaired) electrons. The number of carbonyl (C=O) groups is 1. The van der Waals surface area contributed by atoms with Gasteiger partial charge in [-0.05, 0) is 11.6 Å². The van der Waals surface area contributed by atoms with Crippen LogP contribution in [0.2, 0.25) is 0 Å². The minimum Gasteiger partial charge on any atom is -0.618 e. The molecule has 4 aromatic rings. The molecule has 0 saturated heterocycles. The molecule has 8 heteroatoms. The largest absolute Gasteiger partial charge is 0.618 e. The summed E-state index contributed by atoms with van der Waals surface area (Å²) in [5, 5.41) is 24.5. The lowest BCUT2D eigenvalue weighted by Gasteiger charge is -2.29. The van der Waals surface area contributed by atoms with Gasteiger partial charge in [0.15, 0.2) is 13.3 Å². The Hall–Kier alpha value is -4.09. The molecule has 0 unspecified atom stereocenters. The van der Waals surface area contributed by atoms with E-state index in [9.17, 15) is 20.1 Å². The van der Waals surface area contributed by atoms with Gasteiger partial charge in [0.1, 0.15) is 0 Å². The topological polar surface area (TPSA) is 104 Å². The van der Waals surface area contributed by atoms with Crippen molar-refractivity contribution in [1.82, 2.24) is 0 Å². The molecule has 4 rings (SSSR count). The molecule has 34 heavy (non-hydrogen) atoms. The Morgan fingerprint density at radius 3 is 1.85 bits per heavy atom. The van der Waals surface area contributed by atoms with Crippen LogP contribution in [-0.4, -0.2) is 10.7 Å². The van der Waals surface area contributed by atoms with E-state index in [4.69, 9.17) is 0 Å². The summed E-state index contributed by atoms with van der Waals surface area (Å²) in [7, 11) is -3.49. The van der Waals surface area contributed by atoms with Gasteiger partial charge < -0.3 is 9.77 Å². The molecule has 170 valence electrons. The predicted octanol–water partition coefficient (Wildman–Crippen LogP) is 4.56. The summed E-state index contributed by atoms with van der Waals surface area (Å²) in [6.07, 6.45) is 1.02. The zero-order valence-electron chi connectivity index (χ0n) is 18.1. The molecule has 7 nitrogen and oxygen atoms in total. The highest BCUT2D eigenvalue weighted by molar-refractivity contribution is 7.79. The summed E-state index contributed by atoms with van der Waals surface area (Å²) >= 11 is 0. The smallest absolute Gasteiger partial charge is 0.269 e. The van der Waals surface area contributed by atoms with Gasteiger partial charge in [0, 0.05) is 41.3 Å². The van der Waals surface area contributed by atoms with E-state index in [0.717, 1.165) is 0 Å². The maximum atomic E-state index is 15.0. The number of benzene rings is 3. The van der Waals surface area contributed by atoms with Crippen LogP contribution in [0, 0.1) is 15.3 Å². The van der Waals surface area contributed by atoms with Gasteiger partial charge in [0.2, 0.25) is 5.78 Å². The van der Waals surface area contributed by atoms with E-state index in [1.807, 2.05) is 12.1 Å². The average molecular weight is 472 g/mol. The fraction of sp³-hybridized carbons (Fsp3) is 0.0769. The van der Waals surface area contributed by atoms with E-state index in [1.54, 1.807) is 54.6 Å². The van der Waals surface area contributed by atoms with Gasteiger partial charge >= 0.3 is 0 Å². The molecule has 0 fully saturated rings. The number of nitrogens with zero attached hydrogens (tertiary/aromatic N) is 2. The number of nitro benzene ring substituents is 1. The molecule has 0 N–H and O–H groups in total. The molecule has 0 aliphatic heterocycles. The fourth-order valence-corrected chi connectivity index (χ4v) is 7.27. The molecule has 0 aliphatic carbocycles. The first-order chi connectivity index (χ1) is 16.4. The lowest BCUT2D eigenvalue weighted by molar-refractivity contribution is -0.607. The van der Waals surface area contributed by atoms with Crippen LogP contribution in [0.3, 0.4) is 0 Å². The fourth-order valence-electron chi connectivity index (χ4n) is 4.01. The van der Waals surface area contributed by atoms with Crippen LogP contribution in [-0.2, 0) is 4.57 Å². The molecule has 0 saturated carbocycles. The highest BCUT2D eigenvalue weighted by Crippen LogP contribution is 2.59. The number of hydrogen-bond donors (Lipinski definition) is 0. The lowest BCUT2D eigenvalue weighted by Crippen LogP contribution is -2.34. The van der Waals surface area contributed by atoms with Gasteiger partial charge in [0.05, 0.1) is 10.6 Å². The van der Waals surface area contributed by atoms with Gasteiger partial charge in [-0.1, -0.05) is 72.8 Å². The summed E-state index contributed by atoms with van der Waals surface area (Å²) in [6.45, 7) is 0. The van der Waals surface area contributed by atoms with Crippen molar-refractivity contribution >= 4 is 29.2 Å². The first-order valence-corrected chi connectivity index (χ1v) is 12.4. The van der Waals surface area contributed by atoms with Gasteiger partial charge in [-0.15, -0.1) is 0 Å². The van der Waals surface area contributed by atoms with Gasteiger partial charge in [-0.3, -0.25) is 14.9 Å². The molecular formula is C26H21N2O5P. The quantitative estimate of drug-likeness (QED) is 0.0934. The Kier molecular flexibility index (Phi) is 6.66. The number of carbonyl (C=O) groups excluding carboxylic acids is 1. The number of aromatic nitrogens is 1. The number of Topliss-reactive ketones (excluding diaryl/α,β-unsaturated/α-hetero) is 1. The maximum absolute atomic E-state index is 15.0. The van der Waals surface area contributed by atoms with Crippen molar-refractivity contribution in [2.24, 2.45) is 0 Å². The van der Waals surface area contributed by atoms with Crippen LogP contribution in [0.5, 0.6) is 0 Å². The third-order valence-electron chi connectivity index (χ3n) is 5.70. The number of hydrogen-bond acceptors (Lipinski definition) is 5. The van der Waals surface area contributed by atoms with Crippen molar-refractivity contribution < 1.29 is 19.0 Å². The Morgan fingerprint density at radius 1 is 0.824 bits per heavy atom. The van der Waals surface area contributed by atoms with E-state index in [2.05, 4.69) is 0 Å². The first-order valence-electron chi connectivity index (χ1n) is 10.6. The minimum atomic E-state index is -3.49. The summed E-state index contributed by atoms with van der Waals surface area (Å²) in [6, 6.07) is 28.1. The van der Waals surface area contributed by atoms with Crippen LogP contribution in [0.25, 0.3) is 0 Å². The second-order valence-corrected chi connectivity index (χ2v) is 10.7. The van der Waals surface area contributed by atoms with E-state index in [-0.39, 0.29) is 17.8 Å². The van der Waals surface area contributed by atoms with Crippen LogP contribution < -0.4 is 15.3 Å². The maximum Gasteiger partial charge on any atom is 0.269 e. The molecule has 1 heterocycles. The predicted molar refractivity (Wildman–Crippen MR) is 130 cm³/mol. The molecule has 1 atom stereocenters. The third-order valence-corrected chi connectivity index (χ3v) is 9.18. The van der Waals surface area contributed by atoms with Gasteiger partial charge in [-0.2, -0.15) is 4.73 Å². The summed E-state index contributed by atoms with van der Waals surface area (Å²) in [5.41, 5.74) is -0.486. The van der Waals surface area contributed by atoms with Crippen LogP contribution in [0.15, 0.2) is 109 Å². The van der Waals surface area contributed by atoms with Crippen LogP contribution >= 0.6 is 7.14 Å². The van der Waals surface area contributed by atoms with Crippen molar-refractivity contribution in [3.8, 4) is 0 Å². The molecule has 0 spiro atoms. The molecular weight excluding hydrogens is 451 g/mol. The highest BCUT2D eigenvalue weighted by atomic mass is 31.2. The van der Waals surface area contributed by atoms with E-state index in [0.29, 0.717) is 20.9 Å². The van der Waals surface area contributed by atoms with E-state index >= 15 is 4.57 Å². The first kappa shape index (κ1) is 23.1. The van der Waals surface area contributed by atoms with Crippen LogP contribution in [0.4, 0.5) is 5.69 Å². The SMILES string of the molecule is O=C(C[C@@H](c1ccc([N+](=O)[O-])cc1)P(=O)(c1ccccc1)c1ccccc1)c1cccc[n+]1[O-]. The summed E-state index contributed by atoms with van der Waals surface area (Å²) < 4.78 is 15.5.